The van der Waals surface area contributed by atoms with Crippen LogP contribution in [-0.4, -0.2) is 65.0 Å². The van der Waals surface area contributed by atoms with Crippen LogP contribution in [0.25, 0.3) is 0 Å². The number of rotatable bonds is 9. The summed E-state index contributed by atoms with van der Waals surface area (Å²) in [4.78, 5) is 54.0. The summed E-state index contributed by atoms with van der Waals surface area (Å²) in [6, 6.07) is 12.8. The van der Waals surface area contributed by atoms with E-state index in [0.29, 0.717) is 29.5 Å². The summed E-state index contributed by atoms with van der Waals surface area (Å²) >= 11 is 0. The highest BCUT2D eigenvalue weighted by Gasteiger charge is 2.45. The second kappa shape index (κ2) is 11.0. The SMILES string of the molecule is O=C1CCC(N2C(=O)c3cccc(NCc4ccc(CN5CCC(OCC6CC6)CC5)cc4)c3C2=O)C(=O)C1. The van der Waals surface area contributed by atoms with Crippen LogP contribution < -0.4 is 5.32 Å². The highest BCUT2D eigenvalue weighted by atomic mass is 16.5. The number of hydrogen-bond acceptors (Lipinski definition) is 7. The van der Waals surface area contributed by atoms with Crippen LogP contribution in [0.2, 0.25) is 0 Å². The van der Waals surface area contributed by atoms with Gasteiger partial charge in [-0.1, -0.05) is 30.3 Å². The Morgan fingerprint density at radius 2 is 1.59 bits per heavy atom. The van der Waals surface area contributed by atoms with Crippen LogP contribution in [0.3, 0.4) is 0 Å². The molecule has 2 aliphatic heterocycles. The number of imide groups is 1. The van der Waals surface area contributed by atoms with Crippen molar-refractivity contribution in [2.75, 3.05) is 25.0 Å². The molecule has 0 spiro atoms. The molecule has 8 heteroatoms. The van der Waals surface area contributed by atoms with Gasteiger partial charge in [0, 0.05) is 44.9 Å². The van der Waals surface area contributed by atoms with Crippen LogP contribution in [0.5, 0.6) is 0 Å². The monoisotopic (exact) mass is 529 g/mol. The number of nitrogens with one attached hydrogen (secondary N) is 1. The minimum absolute atomic E-state index is 0.139. The number of carbonyl (C=O) groups is 4. The maximum absolute atomic E-state index is 13.3. The van der Waals surface area contributed by atoms with E-state index in [1.807, 2.05) is 0 Å². The van der Waals surface area contributed by atoms with Gasteiger partial charge >= 0.3 is 0 Å². The molecule has 1 N–H and O–H groups in total. The van der Waals surface area contributed by atoms with Gasteiger partial charge in [0.2, 0.25) is 0 Å². The van der Waals surface area contributed by atoms with Crippen LogP contribution in [0, 0.1) is 5.92 Å². The fourth-order valence-electron chi connectivity index (χ4n) is 5.87. The van der Waals surface area contributed by atoms with E-state index in [9.17, 15) is 19.2 Å². The molecule has 0 aromatic heterocycles. The molecular formula is C31H35N3O5. The van der Waals surface area contributed by atoms with Crippen molar-refractivity contribution in [3.05, 3.63) is 64.7 Å². The molecule has 1 unspecified atom stereocenters. The number of likely N-dealkylation sites (tertiary alicyclic amines) is 1. The van der Waals surface area contributed by atoms with Gasteiger partial charge in [0.05, 0.1) is 29.7 Å². The number of carbonyl (C=O) groups excluding carboxylic acids is 4. The standard InChI is InChI=1S/C31H35N3O5/c35-23-10-11-27(28(36)16-23)34-30(37)25-2-1-3-26(29(25)31(34)38)32-17-20-4-6-21(7-5-20)18-33-14-12-24(13-15-33)39-19-22-8-9-22/h1-7,22,24,27,32H,8-19H2. The number of ether oxygens (including phenoxy) is 1. The molecule has 1 atom stereocenters. The Labute approximate surface area is 228 Å². The van der Waals surface area contributed by atoms with E-state index in [4.69, 9.17) is 4.74 Å². The van der Waals surface area contributed by atoms with Gasteiger partial charge in [0.15, 0.2) is 5.78 Å². The maximum atomic E-state index is 13.3. The predicted octanol–water partition coefficient (Wildman–Crippen LogP) is 3.98. The van der Waals surface area contributed by atoms with E-state index in [1.165, 1.54) is 18.4 Å². The number of piperidine rings is 1. The minimum atomic E-state index is -0.864. The maximum Gasteiger partial charge on any atom is 0.264 e. The van der Waals surface area contributed by atoms with Gasteiger partial charge in [-0.05, 0) is 61.3 Å². The van der Waals surface area contributed by atoms with Gasteiger partial charge in [-0.15, -0.1) is 0 Å². The number of nitrogens with zero attached hydrogens (tertiary/aromatic N) is 2. The molecule has 1 saturated heterocycles. The third-order valence-electron chi connectivity index (χ3n) is 8.41. The molecule has 6 rings (SSSR count). The van der Waals surface area contributed by atoms with Crippen molar-refractivity contribution >= 4 is 29.1 Å². The zero-order valence-corrected chi connectivity index (χ0v) is 22.2. The molecule has 2 amide bonds. The van der Waals surface area contributed by atoms with Crippen molar-refractivity contribution in [3.8, 4) is 0 Å². The average Bonchev–Trinajstić information content (AvgIpc) is 3.74. The summed E-state index contributed by atoms with van der Waals surface area (Å²) in [6.45, 7) is 4.48. The fourth-order valence-corrected chi connectivity index (χ4v) is 5.87. The summed E-state index contributed by atoms with van der Waals surface area (Å²) in [5.74, 6) is -0.616. The van der Waals surface area contributed by atoms with Gasteiger partial charge in [-0.2, -0.15) is 0 Å². The van der Waals surface area contributed by atoms with Gasteiger partial charge in [-0.25, -0.2) is 0 Å². The number of anilines is 1. The van der Waals surface area contributed by atoms with Crippen LogP contribution in [-0.2, 0) is 27.4 Å². The number of benzene rings is 2. The van der Waals surface area contributed by atoms with E-state index >= 15 is 0 Å². The molecule has 4 aliphatic rings. The first-order valence-corrected chi connectivity index (χ1v) is 14.2. The molecule has 2 aromatic rings. The molecule has 2 saturated carbocycles. The molecule has 0 radical (unpaired) electrons. The zero-order valence-electron chi connectivity index (χ0n) is 22.2. The number of Topliss-reactive ketones (excluding diaryl/α,β-unsaturated/α-hetero) is 2. The molecule has 0 bridgehead atoms. The lowest BCUT2D eigenvalue weighted by Crippen LogP contribution is -2.47. The summed E-state index contributed by atoms with van der Waals surface area (Å²) in [5, 5.41) is 3.32. The molecule has 39 heavy (non-hydrogen) atoms. The Hall–Kier alpha value is -3.36. The first-order valence-electron chi connectivity index (χ1n) is 14.2. The van der Waals surface area contributed by atoms with Crippen LogP contribution in [0.1, 0.15) is 76.8 Å². The topological polar surface area (TPSA) is 96.0 Å². The highest BCUT2D eigenvalue weighted by Crippen LogP contribution is 2.33. The molecule has 8 nitrogen and oxygen atoms in total. The quantitative estimate of drug-likeness (QED) is 0.388. The summed E-state index contributed by atoms with van der Waals surface area (Å²) in [5.41, 5.74) is 3.51. The second-order valence-corrected chi connectivity index (χ2v) is 11.4. The normalized spacial score (nSPS) is 22.5. The third-order valence-corrected chi connectivity index (χ3v) is 8.41. The van der Waals surface area contributed by atoms with Crippen molar-refractivity contribution in [2.45, 2.75) is 70.2 Å². The average molecular weight is 530 g/mol. The Morgan fingerprint density at radius 3 is 2.31 bits per heavy atom. The number of hydrogen-bond donors (Lipinski definition) is 1. The third kappa shape index (κ3) is 5.68. The molecule has 2 heterocycles. The Morgan fingerprint density at radius 1 is 0.846 bits per heavy atom. The van der Waals surface area contributed by atoms with Crippen molar-refractivity contribution in [3.63, 3.8) is 0 Å². The van der Waals surface area contributed by atoms with E-state index in [-0.39, 0.29) is 30.8 Å². The molecule has 2 aromatic carbocycles. The lowest BCUT2D eigenvalue weighted by Gasteiger charge is -2.32. The fraction of sp³-hybridized carbons (Fsp3) is 0.484. The van der Waals surface area contributed by atoms with Crippen molar-refractivity contribution in [2.24, 2.45) is 5.92 Å². The smallest absolute Gasteiger partial charge is 0.264 e. The lowest BCUT2D eigenvalue weighted by atomic mass is 9.92. The van der Waals surface area contributed by atoms with Gasteiger partial charge < -0.3 is 10.1 Å². The number of ketones is 2. The molecular weight excluding hydrogens is 494 g/mol. The van der Waals surface area contributed by atoms with Crippen LogP contribution in [0.4, 0.5) is 5.69 Å². The highest BCUT2D eigenvalue weighted by molar-refractivity contribution is 6.25. The summed E-state index contributed by atoms with van der Waals surface area (Å²) in [6.07, 6.45) is 5.47. The molecule has 204 valence electrons. The Kier molecular flexibility index (Phi) is 7.32. The minimum Gasteiger partial charge on any atom is -0.380 e. The predicted molar refractivity (Wildman–Crippen MR) is 145 cm³/mol. The number of fused-ring (bicyclic) bond motifs is 1. The first-order chi connectivity index (χ1) is 19.0. The van der Waals surface area contributed by atoms with E-state index in [0.717, 1.165) is 55.5 Å². The van der Waals surface area contributed by atoms with Gasteiger partial charge in [0.25, 0.3) is 11.8 Å². The summed E-state index contributed by atoms with van der Waals surface area (Å²) in [7, 11) is 0. The van der Waals surface area contributed by atoms with Gasteiger partial charge in [0.1, 0.15) is 5.78 Å². The van der Waals surface area contributed by atoms with Crippen LogP contribution >= 0.6 is 0 Å². The number of amides is 2. The van der Waals surface area contributed by atoms with Crippen LogP contribution in [0.15, 0.2) is 42.5 Å². The summed E-state index contributed by atoms with van der Waals surface area (Å²) < 4.78 is 6.07. The van der Waals surface area contributed by atoms with Gasteiger partial charge in [-0.3, -0.25) is 29.0 Å². The molecule has 2 aliphatic carbocycles. The largest absolute Gasteiger partial charge is 0.380 e. The molecule has 3 fully saturated rings. The Balaban J connectivity index is 1.04. The van der Waals surface area contributed by atoms with Crippen molar-refractivity contribution in [1.29, 1.82) is 0 Å². The second-order valence-electron chi connectivity index (χ2n) is 11.4. The van der Waals surface area contributed by atoms with E-state index in [1.54, 1.807) is 18.2 Å². The lowest BCUT2D eigenvalue weighted by molar-refractivity contribution is -0.132. The van der Waals surface area contributed by atoms with E-state index < -0.39 is 17.9 Å². The van der Waals surface area contributed by atoms with E-state index in [2.05, 4.69) is 34.5 Å². The van der Waals surface area contributed by atoms with Crippen molar-refractivity contribution < 1.29 is 23.9 Å². The first kappa shape index (κ1) is 25.9. The Bertz CT molecular complexity index is 1280. The van der Waals surface area contributed by atoms with Crippen molar-refractivity contribution in [1.82, 2.24) is 9.80 Å². The zero-order chi connectivity index (χ0) is 26.9.